The third-order valence-electron chi connectivity index (χ3n) is 6.07. The summed E-state index contributed by atoms with van der Waals surface area (Å²) in [5, 5.41) is 2.96. The second kappa shape index (κ2) is 8.19. The van der Waals surface area contributed by atoms with E-state index in [-0.39, 0.29) is 17.4 Å². The van der Waals surface area contributed by atoms with Gasteiger partial charge in [0, 0.05) is 37.9 Å². The molecule has 2 aliphatic heterocycles. The van der Waals surface area contributed by atoms with Gasteiger partial charge in [0.15, 0.2) is 0 Å². The minimum absolute atomic E-state index is 0.0512. The lowest BCUT2D eigenvalue weighted by molar-refractivity contribution is -0.139. The number of likely N-dealkylation sites (tertiary alicyclic amines) is 2. The third kappa shape index (κ3) is 4.55. The number of nitrogens with one attached hydrogen (secondary N) is 1. The molecule has 1 N–H and O–H groups in total. The lowest BCUT2D eigenvalue weighted by Gasteiger charge is -2.47. The lowest BCUT2D eigenvalue weighted by Crippen LogP contribution is -2.52. The third-order valence-corrected chi connectivity index (χ3v) is 6.07. The first-order valence-electron chi connectivity index (χ1n) is 10.2. The van der Waals surface area contributed by atoms with Crippen LogP contribution in [0.2, 0.25) is 0 Å². The van der Waals surface area contributed by atoms with Gasteiger partial charge in [-0.15, -0.1) is 0 Å². The predicted molar refractivity (Wildman–Crippen MR) is 110 cm³/mol. The number of anilines is 1. The number of carbonyl (C=O) groups excluding carboxylic acids is 2. The highest BCUT2D eigenvalue weighted by molar-refractivity contribution is 5.89. The maximum absolute atomic E-state index is 12.6. The van der Waals surface area contributed by atoms with Gasteiger partial charge >= 0.3 is 6.03 Å². The molecule has 0 unspecified atom stereocenters. The van der Waals surface area contributed by atoms with E-state index in [4.69, 9.17) is 0 Å². The molecule has 0 atom stereocenters. The first kappa shape index (κ1) is 19.4. The summed E-state index contributed by atoms with van der Waals surface area (Å²) in [7, 11) is 0. The minimum Gasteiger partial charge on any atom is -0.336 e. The monoisotopic (exact) mass is 393 g/mol. The van der Waals surface area contributed by atoms with E-state index in [1.165, 1.54) is 0 Å². The molecule has 0 aliphatic carbocycles. The summed E-state index contributed by atoms with van der Waals surface area (Å²) in [6.45, 7) is 4.57. The quantitative estimate of drug-likeness (QED) is 0.868. The van der Waals surface area contributed by atoms with Crippen LogP contribution in [0.1, 0.15) is 37.1 Å². The van der Waals surface area contributed by atoms with E-state index >= 15 is 0 Å². The van der Waals surface area contributed by atoms with Crippen molar-refractivity contribution >= 4 is 17.6 Å². The van der Waals surface area contributed by atoms with E-state index < -0.39 is 0 Å². The molecule has 0 bridgehead atoms. The number of para-hydroxylation sites is 1. The highest BCUT2D eigenvalue weighted by Gasteiger charge is 2.41. The van der Waals surface area contributed by atoms with E-state index in [1.807, 2.05) is 47.1 Å². The Labute approximate surface area is 171 Å². The van der Waals surface area contributed by atoms with Crippen LogP contribution in [0, 0.1) is 12.3 Å². The van der Waals surface area contributed by atoms with Crippen LogP contribution in [0.5, 0.6) is 0 Å². The fourth-order valence-corrected chi connectivity index (χ4v) is 4.26. The minimum atomic E-state index is -0.0512. The number of rotatable bonds is 3. The molecule has 2 aromatic rings. The van der Waals surface area contributed by atoms with Gasteiger partial charge in [0.05, 0.1) is 24.1 Å². The summed E-state index contributed by atoms with van der Waals surface area (Å²) >= 11 is 0. The van der Waals surface area contributed by atoms with Gasteiger partial charge in [-0.25, -0.2) is 4.79 Å². The van der Waals surface area contributed by atoms with Crippen LogP contribution >= 0.6 is 0 Å². The number of piperidine rings is 2. The smallest absolute Gasteiger partial charge is 0.321 e. The Morgan fingerprint density at radius 2 is 1.86 bits per heavy atom. The summed E-state index contributed by atoms with van der Waals surface area (Å²) < 4.78 is 0. The Balaban J connectivity index is 1.35. The molecular formula is C22H27N5O2. The van der Waals surface area contributed by atoms with Crippen molar-refractivity contribution in [3.05, 3.63) is 54.1 Å². The van der Waals surface area contributed by atoms with Crippen LogP contribution in [0.4, 0.5) is 10.5 Å². The van der Waals surface area contributed by atoms with Crippen molar-refractivity contribution in [2.45, 2.75) is 39.2 Å². The Hall–Kier alpha value is -2.96. The molecule has 1 aromatic carbocycles. The zero-order valence-corrected chi connectivity index (χ0v) is 16.8. The van der Waals surface area contributed by atoms with E-state index in [0.29, 0.717) is 26.1 Å². The summed E-state index contributed by atoms with van der Waals surface area (Å²) in [4.78, 5) is 37.5. The van der Waals surface area contributed by atoms with Crippen LogP contribution < -0.4 is 5.32 Å². The highest BCUT2D eigenvalue weighted by atomic mass is 16.2. The summed E-state index contributed by atoms with van der Waals surface area (Å²) in [6.07, 6.45) is 6.78. The molecule has 29 heavy (non-hydrogen) atoms. The Morgan fingerprint density at radius 3 is 2.55 bits per heavy atom. The molecule has 1 aromatic heterocycles. The van der Waals surface area contributed by atoms with Crippen molar-refractivity contribution in [3.8, 4) is 0 Å². The van der Waals surface area contributed by atoms with Crippen LogP contribution in [-0.4, -0.2) is 51.3 Å². The molecule has 152 valence electrons. The molecule has 4 rings (SSSR count). The zero-order chi connectivity index (χ0) is 20.3. The van der Waals surface area contributed by atoms with Gasteiger partial charge in [-0.1, -0.05) is 18.2 Å². The molecule has 3 amide bonds. The normalized spacial score (nSPS) is 18.7. The van der Waals surface area contributed by atoms with Gasteiger partial charge in [0.25, 0.3) is 0 Å². The van der Waals surface area contributed by atoms with Crippen LogP contribution in [0.3, 0.4) is 0 Å². The van der Waals surface area contributed by atoms with Gasteiger partial charge in [-0.05, 0) is 43.7 Å². The topological polar surface area (TPSA) is 78.4 Å². The first-order chi connectivity index (χ1) is 14.0. The Morgan fingerprint density at radius 1 is 1.10 bits per heavy atom. The number of hydrogen-bond acceptors (Lipinski definition) is 4. The van der Waals surface area contributed by atoms with E-state index in [1.54, 1.807) is 12.4 Å². The van der Waals surface area contributed by atoms with E-state index in [9.17, 15) is 9.59 Å². The summed E-state index contributed by atoms with van der Waals surface area (Å²) in [6, 6.07) is 9.48. The predicted octanol–water partition coefficient (Wildman–Crippen LogP) is 3.22. The average Bonchev–Trinajstić information content (AvgIpc) is 2.74. The van der Waals surface area contributed by atoms with Gasteiger partial charge in [0.1, 0.15) is 0 Å². The zero-order valence-electron chi connectivity index (χ0n) is 16.8. The maximum Gasteiger partial charge on any atom is 0.321 e. The van der Waals surface area contributed by atoms with Crippen molar-refractivity contribution in [2.75, 3.05) is 25.0 Å². The van der Waals surface area contributed by atoms with Gasteiger partial charge in [0.2, 0.25) is 5.91 Å². The first-order valence-corrected chi connectivity index (χ1v) is 10.2. The number of amides is 3. The fraction of sp³-hybridized carbons (Fsp3) is 0.455. The van der Waals surface area contributed by atoms with Crippen LogP contribution in [-0.2, 0) is 11.3 Å². The van der Waals surface area contributed by atoms with E-state index in [0.717, 1.165) is 42.9 Å². The fourth-order valence-electron chi connectivity index (χ4n) is 4.26. The van der Waals surface area contributed by atoms with Crippen LogP contribution in [0.15, 0.2) is 42.7 Å². The number of nitrogens with zero attached hydrogens (tertiary/aromatic N) is 4. The molecule has 2 saturated heterocycles. The maximum atomic E-state index is 12.6. The number of hydrogen-bond donors (Lipinski definition) is 1. The molecule has 3 heterocycles. The SMILES string of the molecule is Cc1cnc(CN2CC3(CCC2=O)CCN(C(=O)Nc2ccccc2)CC3)cn1. The molecule has 2 aliphatic rings. The van der Waals surface area contributed by atoms with Crippen molar-refractivity contribution < 1.29 is 9.59 Å². The number of aromatic nitrogens is 2. The lowest BCUT2D eigenvalue weighted by atomic mass is 9.72. The molecule has 1 spiro atoms. The second-order valence-electron chi connectivity index (χ2n) is 8.18. The van der Waals surface area contributed by atoms with Gasteiger partial charge in [-0.2, -0.15) is 0 Å². The standard InChI is InChI=1S/C22H27N5O2/c1-17-13-24-19(14-23-17)15-27-16-22(8-7-20(27)28)9-11-26(12-10-22)21(29)25-18-5-3-2-4-6-18/h2-6,13-14H,7-12,15-16H2,1H3,(H,25,29). The number of benzene rings is 1. The Bertz CT molecular complexity index is 861. The van der Waals surface area contributed by atoms with Gasteiger partial charge < -0.3 is 15.1 Å². The molecule has 7 nitrogen and oxygen atoms in total. The van der Waals surface area contributed by atoms with Crippen molar-refractivity contribution in [2.24, 2.45) is 5.41 Å². The van der Waals surface area contributed by atoms with Gasteiger partial charge in [-0.3, -0.25) is 14.8 Å². The van der Waals surface area contributed by atoms with Crippen molar-refractivity contribution in [1.29, 1.82) is 0 Å². The average molecular weight is 393 g/mol. The second-order valence-corrected chi connectivity index (χ2v) is 8.18. The van der Waals surface area contributed by atoms with Crippen LogP contribution in [0.25, 0.3) is 0 Å². The molecule has 0 radical (unpaired) electrons. The molecular weight excluding hydrogens is 366 g/mol. The number of urea groups is 1. The van der Waals surface area contributed by atoms with E-state index in [2.05, 4.69) is 15.3 Å². The van der Waals surface area contributed by atoms with Crippen molar-refractivity contribution in [3.63, 3.8) is 0 Å². The Kier molecular flexibility index (Phi) is 5.47. The number of carbonyl (C=O) groups is 2. The molecule has 0 saturated carbocycles. The van der Waals surface area contributed by atoms with Crippen molar-refractivity contribution in [1.82, 2.24) is 19.8 Å². The highest BCUT2D eigenvalue weighted by Crippen LogP contribution is 2.40. The number of aryl methyl sites for hydroxylation is 1. The largest absolute Gasteiger partial charge is 0.336 e. The molecule has 7 heteroatoms. The summed E-state index contributed by atoms with van der Waals surface area (Å²) in [5.74, 6) is 0.183. The summed E-state index contributed by atoms with van der Waals surface area (Å²) in [5.41, 5.74) is 2.60. The molecule has 2 fully saturated rings.